The molecular weight excluding hydrogens is 303 g/mol. The Morgan fingerprint density at radius 2 is 1.86 bits per heavy atom. The second-order valence-electron chi connectivity index (χ2n) is 4.19. The number of ether oxygens (including phenoxy) is 1. The van der Waals surface area contributed by atoms with Gasteiger partial charge in [0.25, 0.3) is 0 Å². The van der Waals surface area contributed by atoms with Gasteiger partial charge in [-0.3, -0.25) is 0 Å². The first kappa shape index (κ1) is 15.2. The molecule has 0 N–H and O–H groups in total. The molecule has 0 spiro atoms. The lowest BCUT2D eigenvalue weighted by molar-refractivity contribution is -0.274. The number of benzene rings is 2. The minimum atomic E-state index is -4.77. The molecule has 0 aliphatic rings. The molecular formula is C15H9ClF3NO. The summed E-state index contributed by atoms with van der Waals surface area (Å²) in [4.78, 5) is 0. The maximum absolute atomic E-state index is 12.4. The van der Waals surface area contributed by atoms with Crippen LogP contribution in [0.15, 0.2) is 42.5 Å². The van der Waals surface area contributed by atoms with E-state index in [1.165, 1.54) is 18.2 Å². The number of halogens is 4. The summed E-state index contributed by atoms with van der Waals surface area (Å²) in [6, 6.07) is 12.5. The van der Waals surface area contributed by atoms with Crippen molar-refractivity contribution in [1.82, 2.24) is 0 Å². The highest BCUT2D eigenvalue weighted by Crippen LogP contribution is 2.35. The van der Waals surface area contributed by atoms with Gasteiger partial charge in [0.05, 0.1) is 12.5 Å². The van der Waals surface area contributed by atoms with E-state index < -0.39 is 6.36 Å². The zero-order chi connectivity index (χ0) is 15.5. The van der Waals surface area contributed by atoms with Gasteiger partial charge < -0.3 is 4.74 Å². The fraction of sp³-hybridized carbons (Fsp3) is 0.133. The molecule has 0 radical (unpaired) electrons. The van der Waals surface area contributed by atoms with Gasteiger partial charge in [-0.25, -0.2) is 0 Å². The molecule has 0 unspecified atom stereocenters. The summed E-state index contributed by atoms with van der Waals surface area (Å²) in [6.07, 6.45) is -4.69. The molecule has 0 heterocycles. The Kier molecular flexibility index (Phi) is 4.39. The minimum Gasteiger partial charge on any atom is -0.405 e. The molecule has 0 aliphatic heterocycles. The predicted octanol–water partition coefficient (Wildman–Crippen LogP) is 4.97. The van der Waals surface area contributed by atoms with E-state index in [4.69, 9.17) is 16.9 Å². The Balaban J connectivity index is 2.47. The van der Waals surface area contributed by atoms with Crippen LogP contribution in [0.2, 0.25) is 5.02 Å². The topological polar surface area (TPSA) is 33.0 Å². The van der Waals surface area contributed by atoms with Gasteiger partial charge in [-0.15, -0.1) is 13.2 Å². The maximum atomic E-state index is 12.4. The molecule has 0 saturated carbocycles. The second-order valence-corrected chi connectivity index (χ2v) is 4.59. The van der Waals surface area contributed by atoms with Crippen molar-refractivity contribution in [3.63, 3.8) is 0 Å². The van der Waals surface area contributed by atoms with Crippen molar-refractivity contribution in [2.45, 2.75) is 12.8 Å². The average Bonchev–Trinajstić information content (AvgIpc) is 2.40. The molecule has 6 heteroatoms. The summed E-state index contributed by atoms with van der Waals surface area (Å²) in [7, 11) is 0. The molecule has 0 atom stereocenters. The van der Waals surface area contributed by atoms with Crippen molar-refractivity contribution in [2.24, 2.45) is 0 Å². The fourth-order valence-electron chi connectivity index (χ4n) is 1.88. The highest BCUT2D eigenvalue weighted by atomic mass is 35.5. The van der Waals surface area contributed by atoms with Gasteiger partial charge in [0.1, 0.15) is 5.75 Å². The lowest BCUT2D eigenvalue weighted by Gasteiger charge is -2.14. The van der Waals surface area contributed by atoms with Gasteiger partial charge in [-0.1, -0.05) is 35.9 Å². The van der Waals surface area contributed by atoms with Crippen LogP contribution in [0, 0.1) is 11.3 Å². The fourth-order valence-corrected chi connectivity index (χ4v) is 2.07. The first-order valence-electron chi connectivity index (χ1n) is 5.91. The van der Waals surface area contributed by atoms with Gasteiger partial charge in [-0.2, -0.15) is 5.26 Å². The lowest BCUT2D eigenvalue weighted by Crippen LogP contribution is -2.17. The molecule has 0 aliphatic carbocycles. The van der Waals surface area contributed by atoms with E-state index >= 15 is 0 Å². The van der Waals surface area contributed by atoms with Gasteiger partial charge in [-0.05, 0) is 29.3 Å². The monoisotopic (exact) mass is 311 g/mol. The second kappa shape index (κ2) is 6.06. The highest BCUT2D eigenvalue weighted by molar-refractivity contribution is 6.31. The average molecular weight is 312 g/mol. The molecule has 0 saturated heterocycles. The van der Waals surface area contributed by atoms with E-state index in [0.29, 0.717) is 16.1 Å². The number of nitriles is 1. The molecule has 2 aromatic rings. The van der Waals surface area contributed by atoms with Gasteiger partial charge in [0.2, 0.25) is 0 Å². The molecule has 0 aromatic heterocycles. The van der Waals surface area contributed by atoms with Crippen LogP contribution < -0.4 is 4.74 Å². The normalized spacial score (nSPS) is 11.0. The molecule has 0 bridgehead atoms. The van der Waals surface area contributed by atoms with Crippen LogP contribution in [0.25, 0.3) is 11.1 Å². The molecule has 0 amide bonds. The number of rotatable bonds is 3. The minimum absolute atomic E-state index is 0.0783. The van der Waals surface area contributed by atoms with E-state index in [9.17, 15) is 13.2 Å². The molecule has 0 fully saturated rings. The van der Waals surface area contributed by atoms with Crippen LogP contribution in [0.1, 0.15) is 5.56 Å². The number of alkyl halides is 3. The smallest absolute Gasteiger partial charge is 0.405 e. The van der Waals surface area contributed by atoms with Crippen LogP contribution in [-0.2, 0) is 6.42 Å². The first-order chi connectivity index (χ1) is 9.90. The van der Waals surface area contributed by atoms with Gasteiger partial charge in [0.15, 0.2) is 0 Å². The van der Waals surface area contributed by atoms with Gasteiger partial charge >= 0.3 is 6.36 Å². The third-order valence-electron chi connectivity index (χ3n) is 2.74. The van der Waals surface area contributed by atoms with Crippen molar-refractivity contribution in [3.8, 4) is 22.9 Å². The highest BCUT2D eigenvalue weighted by Gasteiger charge is 2.32. The molecule has 2 rings (SSSR count). The maximum Gasteiger partial charge on any atom is 0.573 e. The lowest BCUT2D eigenvalue weighted by atomic mass is 10.0. The summed E-state index contributed by atoms with van der Waals surface area (Å²) in [5.41, 5.74) is 1.34. The van der Waals surface area contributed by atoms with Crippen LogP contribution in [0.3, 0.4) is 0 Å². The Hall–Kier alpha value is -2.19. The third-order valence-corrected chi connectivity index (χ3v) is 3.11. The zero-order valence-corrected chi connectivity index (χ0v) is 11.4. The van der Waals surface area contributed by atoms with Crippen molar-refractivity contribution < 1.29 is 17.9 Å². The van der Waals surface area contributed by atoms with Crippen molar-refractivity contribution in [3.05, 3.63) is 53.1 Å². The van der Waals surface area contributed by atoms with Crippen molar-refractivity contribution >= 4 is 11.6 Å². The third kappa shape index (κ3) is 3.89. The number of hydrogen-bond acceptors (Lipinski definition) is 2. The van der Waals surface area contributed by atoms with Crippen LogP contribution in [0.5, 0.6) is 5.75 Å². The van der Waals surface area contributed by atoms with Crippen LogP contribution in [0.4, 0.5) is 13.2 Å². The van der Waals surface area contributed by atoms with E-state index in [-0.39, 0.29) is 17.7 Å². The van der Waals surface area contributed by atoms with Crippen LogP contribution >= 0.6 is 11.6 Å². The number of nitrogens with zero attached hydrogens (tertiary/aromatic N) is 1. The van der Waals surface area contributed by atoms with Gasteiger partial charge in [0, 0.05) is 10.6 Å². The zero-order valence-electron chi connectivity index (χ0n) is 10.6. The standard InChI is InChI=1S/C15H9ClF3NO/c16-13-6-5-10(9-11(13)7-8-20)12-3-1-2-4-14(12)21-15(17,18)19/h1-6,9H,7H2. The summed E-state index contributed by atoms with van der Waals surface area (Å²) in [6.45, 7) is 0. The Bertz CT molecular complexity index is 692. The predicted molar refractivity (Wildman–Crippen MR) is 72.9 cm³/mol. The summed E-state index contributed by atoms with van der Waals surface area (Å²) < 4.78 is 41.3. The Labute approximate surface area is 124 Å². The summed E-state index contributed by atoms with van der Waals surface area (Å²) in [5, 5.41) is 9.13. The van der Waals surface area contributed by atoms with Crippen molar-refractivity contribution in [1.29, 1.82) is 5.26 Å². The Morgan fingerprint density at radius 1 is 1.14 bits per heavy atom. The van der Waals surface area contributed by atoms with E-state index in [2.05, 4.69) is 4.74 Å². The van der Waals surface area contributed by atoms with Crippen LogP contribution in [-0.4, -0.2) is 6.36 Å². The summed E-state index contributed by atoms with van der Waals surface area (Å²) >= 11 is 5.95. The van der Waals surface area contributed by atoms with Crippen molar-refractivity contribution in [2.75, 3.05) is 0 Å². The number of hydrogen-bond donors (Lipinski definition) is 0. The van der Waals surface area contributed by atoms with E-state index in [1.54, 1.807) is 24.3 Å². The van der Waals surface area contributed by atoms with E-state index in [1.807, 2.05) is 6.07 Å². The summed E-state index contributed by atoms with van der Waals surface area (Å²) in [5.74, 6) is -0.296. The molecule has 21 heavy (non-hydrogen) atoms. The SMILES string of the molecule is N#CCc1cc(-c2ccccc2OC(F)(F)F)ccc1Cl. The van der Waals surface area contributed by atoms with E-state index in [0.717, 1.165) is 0 Å². The molecule has 108 valence electrons. The first-order valence-corrected chi connectivity index (χ1v) is 6.29. The largest absolute Gasteiger partial charge is 0.573 e. The number of para-hydroxylation sites is 1. The molecule has 2 nitrogen and oxygen atoms in total. The quantitative estimate of drug-likeness (QED) is 0.801. The molecule has 2 aromatic carbocycles. The Morgan fingerprint density at radius 3 is 2.52 bits per heavy atom.